The van der Waals surface area contributed by atoms with E-state index in [1.54, 1.807) is 0 Å². The van der Waals surface area contributed by atoms with Crippen molar-refractivity contribution in [2.45, 2.75) is 45.2 Å². The number of benzene rings is 1. The second-order valence-electron chi connectivity index (χ2n) is 5.68. The molecular weight excluding hydrogens is 236 g/mol. The van der Waals surface area contributed by atoms with Crippen molar-refractivity contribution >= 4 is 5.91 Å². The molecule has 0 aliphatic carbocycles. The van der Waals surface area contributed by atoms with Crippen LogP contribution in [-0.4, -0.2) is 24.5 Å². The van der Waals surface area contributed by atoms with Gasteiger partial charge in [-0.05, 0) is 38.7 Å². The summed E-state index contributed by atoms with van der Waals surface area (Å²) in [5.74, 6) is 0.331. The third-order valence-corrected chi connectivity index (χ3v) is 3.81. The third kappa shape index (κ3) is 4.35. The highest BCUT2D eigenvalue weighted by molar-refractivity contribution is 5.79. The molecule has 0 bridgehead atoms. The number of hydrogen-bond acceptors (Lipinski definition) is 2. The van der Waals surface area contributed by atoms with E-state index in [9.17, 15) is 4.79 Å². The van der Waals surface area contributed by atoms with Crippen LogP contribution in [0, 0.1) is 5.92 Å². The highest BCUT2D eigenvalue weighted by atomic mass is 16.1. The van der Waals surface area contributed by atoms with E-state index >= 15 is 0 Å². The smallest absolute Gasteiger partial charge is 0.224 e. The van der Waals surface area contributed by atoms with Crippen LogP contribution in [0.15, 0.2) is 30.3 Å². The lowest BCUT2D eigenvalue weighted by molar-refractivity contribution is -0.126. The van der Waals surface area contributed by atoms with Gasteiger partial charge in [-0.15, -0.1) is 0 Å². The van der Waals surface area contributed by atoms with E-state index in [2.05, 4.69) is 36.6 Å². The third-order valence-electron chi connectivity index (χ3n) is 3.81. The normalized spacial score (nSPS) is 24.7. The molecule has 2 rings (SSSR count). The zero-order chi connectivity index (χ0) is 13.7. The monoisotopic (exact) mass is 260 g/mol. The molecule has 0 saturated carbocycles. The van der Waals surface area contributed by atoms with Crippen LogP contribution >= 0.6 is 0 Å². The van der Waals surface area contributed by atoms with E-state index in [-0.39, 0.29) is 17.9 Å². The SMILES string of the molecule is CC1CCC(C(=O)NC(C)Cc2ccccc2)CN1. The molecule has 1 amide bonds. The van der Waals surface area contributed by atoms with Crippen LogP contribution in [0.2, 0.25) is 0 Å². The van der Waals surface area contributed by atoms with E-state index in [0.29, 0.717) is 6.04 Å². The molecular formula is C16H24N2O. The summed E-state index contributed by atoms with van der Waals surface area (Å²) in [6.07, 6.45) is 2.98. The highest BCUT2D eigenvalue weighted by Gasteiger charge is 2.24. The maximum absolute atomic E-state index is 12.2. The molecule has 3 unspecified atom stereocenters. The molecule has 1 aliphatic rings. The van der Waals surface area contributed by atoms with Gasteiger partial charge in [0, 0.05) is 18.6 Å². The first-order valence-corrected chi connectivity index (χ1v) is 7.23. The lowest BCUT2D eigenvalue weighted by Crippen LogP contribution is -2.46. The Morgan fingerprint density at radius 1 is 1.37 bits per heavy atom. The van der Waals surface area contributed by atoms with Crippen molar-refractivity contribution in [2.75, 3.05) is 6.54 Å². The zero-order valence-electron chi connectivity index (χ0n) is 11.9. The van der Waals surface area contributed by atoms with Gasteiger partial charge in [0.2, 0.25) is 5.91 Å². The van der Waals surface area contributed by atoms with E-state index < -0.39 is 0 Å². The lowest BCUT2D eigenvalue weighted by Gasteiger charge is -2.28. The molecule has 1 aromatic carbocycles. The number of hydrogen-bond donors (Lipinski definition) is 2. The number of carbonyl (C=O) groups is 1. The summed E-state index contributed by atoms with van der Waals surface area (Å²) in [5.41, 5.74) is 1.27. The van der Waals surface area contributed by atoms with Crippen LogP contribution in [0.5, 0.6) is 0 Å². The Morgan fingerprint density at radius 2 is 2.11 bits per heavy atom. The van der Waals surface area contributed by atoms with E-state index in [0.717, 1.165) is 25.8 Å². The first-order chi connectivity index (χ1) is 9.15. The maximum atomic E-state index is 12.2. The second kappa shape index (κ2) is 6.71. The quantitative estimate of drug-likeness (QED) is 0.870. The molecule has 3 atom stereocenters. The lowest BCUT2D eigenvalue weighted by atomic mass is 9.94. The van der Waals surface area contributed by atoms with Gasteiger partial charge in [0.1, 0.15) is 0 Å². The minimum Gasteiger partial charge on any atom is -0.353 e. The molecule has 1 heterocycles. The Labute approximate surface area is 115 Å². The average molecular weight is 260 g/mol. The summed E-state index contributed by atoms with van der Waals surface area (Å²) in [4.78, 5) is 12.2. The summed E-state index contributed by atoms with van der Waals surface area (Å²) in [7, 11) is 0. The topological polar surface area (TPSA) is 41.1 Å². The molecule has 0 spiro atoms. The van der Waals surface area contributed by atoms with Crippen LogP contribution < -0.4 is 10.6 Å². The fourth-order valence-electron chi connectivity index (χ4n) is 2.60. The van der Waals surface area contributed by atoms with E-state index in [1.807, 2.05) is 18.2 Å². The van der Waals surface area contributed by atoms with Crippen molar-refractivity contribution in [3.8, 4) is 0 Å². The molecule has 0 aromatic heterocycles. The van der Waals surface area contributed by atoms with Gasteiger partial charge in [0.25, 0.3) is 0 Å². The molecule has 1 aliphatic heterocycles. The highest BCUT2D eigenvalue weighted by Crippen LogP contribution is 2.14. The van der Waals surface area contributed by atoms with Crippen molar-refractivity contribution in [1.82, 2.24) is 10.6 Å². The standard InChI is InChI=1S/C16H24N2O/c1-12-8-9-15(11-17-12)16(19)18-13(2)10-14-6-4-3-5-7-14/h3-7,12-13,15,17H,8-11H2,1-2H3,(H,18,19). The molecule has 104 valence electrons. The molecule has 0 radical (unpaired) electrons. The van der Waals surface area contributed by atoms with Crippen molar-refractivity contribution < 1.29 is 4.79 Å². The second-order valence-corrected chi connectivity index (χ2v) is 5.68. The Bertz CT molecular complexity index is 396. The minimum atomic E-state index is 0.134. The van der Waals surface area contributed by atoms with Gasteiger partial charge < -0.3 is 10.6 Å². The predicted molar refractivity (Wildman–Crippen MR) is 77.9 cm³/mol. The first-order valence-electron chi connectivity index (χ1n) is 7.23. The summed E-state index contributed by atoms with van der Waals surface area (Å²) in [6.45, 7) is 5.06. The molecule has 19 heavy (non-hydrogen) atoms. The fraction of sp³-hybridized carbons (Fsp3) is 0.562. The van der Waals surface area contributed by atoms with Crippen LogP contribution in [0.1, 0.15) is 32.3 Å². The van der Waals surface area contributed by atoms with Crippen molar-refractivity contribution in [3.05, 3.63) is 35.9 Å². The van der Waals surface area contributed by atoms with Gasteiger partial charge in [-0.25, -0.2) is 0 Å². The number of rotatable bonds is 4. The van der Waals surface area contributed by atoms with Crippen LogP contribution in [0.4, 0.5) is 0 Å². The van der Waals surface area contributed by atoms with Gasteiger partial charge in [0.05, 0.1) is 5.92 Å². The van der Waals surface area contributed by atoms with E-state index in [1.165, 1.54) is 5.56 Å². The Hall–Kier alpha value is -1.35. The van der Waals surface area contributed by atoms with Crippen LogP contribution in [0.25, 0.3) is 0 Å². The van der Waals surface area contributed by atoms with Gasteiger partial charge in [-0.3, -0.25) is 4.79 Å². The van der Waals surface area contributed by atoms with Crippen LogP contribution in [0.3, 0.4) is 0 Å². The van der Waals surface area contributed by atoms with Gasteiger partial charge in [-0.2, -0.15) is 0 Å². The maximum Gasteiger partial charge on any atom is 0.224 e. The summed E-state index contributed by atoms with van der Waals surface area (Å²) >= 11 is 0. The fourth-order valence-corrected chi connectivity index (χ4v) is 2.60. The van der Waals surface area contributed by atoms with Crippen molar-refractivity contribution in [1.29, 1.82) is 0 Å². The number of piperidine rings is 1. The number of carbonyl (C=O) groups excluding carboxylic acids is 1. The summed E-state index contributed by atoms with van der Waals surface area (Å²) < 4.78 is 0. The first kappa shape index (κ1) is 14.1. The van der Waals surface area contributed by atoms with E-state index in [4.69, 9.17) is 0 Å². The Kier molecular flexibility index (Phi) is 4.97. The van der Waals surface area contributed by atoms with Crippen molar-refractivity contribution in [2.24, 2.45) is 5.92 Å². The molecule has 1 fully saturated rings. The molecule has 1 saturated heterocycles. The molecule has 2 N–H and O–H groups in total. The Morgan fingerprint density at radius 3 is 2.74 bits per heavy atom. The summed E-state index contributed by atoms with van der Waals surface area (Å²) in [6, 6.07) is 11.0. The van der Waals surface area contributed by atoms with Gasteiger partial charge in [-0.1, -0.05) is 30.3 Å². The average Bonchev–Trinajstić information content (AvgIpc) is 2.40. The molecule has 1 aromatic rings. The van der Waals surface area contributed by atoms with Gasteiger partial charge >= 0.3 is 0 Å². The van der Waals surface area contributed by atoms with Gasteiger partial charge in [0.15, 0.2) is 0 Å². The zero-order valence-corrected chi connectivity index (χ0v) is 11.9. The predicted octanol–water partition coefficient (Wildman–Crippen LogP) is 2.12. The molecule has 3 nitrogen and oxygen atoms in total. The minimum absolute atomic E-state index is 0.134. The van der Waals surface area contributed by atoms with Crippen molar-refractivity contribution in [3.63, 3.8) is 0 Å². The van der Waals surface area contributed by atoms with Crippen LogP contribution in [-0.2, 0) is 11.2 Å². The number of amides is 1. The number of nitrogens with one attached hydrogen (secondary N) is 2. The molecule has 3 heteroatoms. The largest absolute Gasteiger partial charge is 0.353 e. The summed E-state index contributed by atoms with van der Waals surface area (Å²) in [5, 5.41) is 6.51. The Balaban J connectivity index is 1.78.